The molecular formula is C29H29N9. The maximum Gasteiger partial charge on any atom is 0.116 e. The fourth-order valence-corrected chi connectivity index (χ4v) is 5.56. The van der Waals surface area contributed by atoms with Gasteiger partial charge in [0, 0.05) is 41.5 Å². The third kappa shape index (κ3) is 4.24. The number of hydrogen-bond donors (Lipinski definition) is 3. The molecule has 1 saturated carbocycles. The van der Waals surface area contributed by atoms with Crippen molar-refractivity contribution in [2.24, 2.45) is 5.92 Å². The molecule has 6 aromatic heterocycles. The molecule has 190 valence electrons. The van der Waals surface area contributed by atoms with Gasteiger partial charge in [0.25, 0.3) is 0 Å². The Balaban J connectivity index is 1.20. The number of aryl methyl sites for hydroxylation is 1. The second-order valence-electron chi connectivity index (χ2n) is 10.3. The van der Waals surface area contributed by atoms with Crippen LogP contribution in [0.4, 0.5) is 0 Å². The summed E-state index contributed by atoms with van der Waals surface area (Å²) < 4.78 is 2.00. The standard InChI is InChI=1S/C29H29N9/c1-18-16-38(17-34-18)28-15-32-13-26-22(28)7-25(35-26)29-23-8-24(33-14-27(23)36-37-29)21-6-20(11-31-12-21)10-30-9-19-4-2-3-5-19/h6-8,11-17,19,30,35H,2-5,9-10H2,1H3,(H,36,37). The molecule has 3 N–H and O–H groups in total. The van der Waals surface area contributed by atoms with Gasteiger partial charge >= 0.3 is 0 Å². The number of hydrogen-bond acceptors (Lipinski definition) is 6. The van der Waals surface area contributed by atoms with Gasteiger partial charge in [0.1, 0.15) is 5.69 Å². The van der Waals surface area contributed by atoms with Crippen LogP contribution in [0.25, 0.3) is 50.1 Å². The Morgan fingerprint density at radius 2 is 1.84 bits per heavy atom. The van der Waals surface area contributed by atoms with Gasteiger partial charge in [-0.3, -0.25) is 20.1 Å². The predicted octanol–water partition coefficient (Wildman–Crippen LogP) is 5.34. The lowest BCUT2D eigenvalue weighted by atomic mass is 10.1. The lowest BCUT2D eigenvalue weighted by Gasteiger charge is -2.11. The van der Waals surface area contributed by atoms with E-state index in [0.717, 1.165) is 74.8 Å². The highest BCUT2D eigenvalue weighted by Gasteiger charge is 2.16. The topological polar surface area (TPSA) is 113 Å². The summed E-state index contributed by atoms with van der Waals surface area (Å²) in [7, 11) is 0. The lowest BCUT2D eigenvalue weighted by Crippen LogP contribution is -2.20. The number of nitrogens with one attached hydrogen (secondary N) is 3. The molecule has 1 fully saturated rings. The van der Waals surface area contributed by atoms with E-state index in [1.54, 1.807) is 0 Å². The van der Waals surface area contributed by atoms with Gasteiger partial charge in [0.05, 0.1) is 58.7 Å². The summed E-state index contributed by atoms with van der Waals surface area (Å²) in [5, 5.41) is 13.4. The molecule has 0 unspecified atom stereocenters. The molecule has 6 heterocycles. The fourth-order valence-electron chi connectivity index (χ4n) is 5.56. The number of imidazole rings is 1. The van der Waals surface area contributed by atoms with Gasteiger partial charge < -0.3 is 14.9 Å². The van der Waals surface area contributed by atoms with Gasteiger partial charge in [0.2, 0.25) is 0 Å². The normalized spacial score (nSPS) is 14.2. The number of fused-ring (bicyclic) bond motifs is 2. The second kappa shape index (κ2) is 9.50. The molecule has 0 radical (unpaired) electrons. The molecule has 6 aromatic rings. The molecule has 9 nitrogen and oxygen atoms in total. The molecule has 38 heavy (non-hydrogen) atoms. The molecule has 0 atom stereocenters. The van der Waals surface area contributed by atoms with E-state index in [0.29, 0.717) is 0 Å². The molecule has 0 saturated heterocycles. The van der Waals surface area contributed by atoms with Crippen molar-refractivity contribution in [2.75, 3.05) is 6.54 Å². The number of nitrogens with zero attached hydrogens (tertiary/aromatic N) is 6. The van der Waals surface area contributed by atoms with Crippen LogP contribution < -0.4 is 5.32 Å². The van der Waals surface area contributed by atoms with Gasteiger partial charge in [-0.2, -0.15) is 5.10 Å². The number of aromatic amines is 2. The van der Waals surface area contributed by atoms with Crippen molar-refractivity contribution in [2.45, 2.75) is 39.2 Å². The van der Waals surface area contributed by atoms with Crippen LogP contribution in [0.5, 0.6) is 0 Å². The summed E-state index contributed by atoms with van der Waals surface area (Å²) in [6.07, 6.45) is 18.6. The first-order valence-electron chi connectivity index (χ1n) is 13.2. The fraction of sp³-hybridized carbons (Fsp3) is 0.276. The molecule has 7 rings (SSSR count). The first-order chi connectivity index (χ1) is 18.7. The number of pyridine rings is 3. The van der Waals surface area contributed by atoms with Gasteiger partial charge in [-0.15, -0.1) is 0 Å². The van der Waals surface area contributed by atoms with Crippen molar-refractivity contribution >= 4 is 21.8 Å². The van der Waals surface area contributed by atoms with Crippen molar-refractivity contribution < 1.29 is 0 Å². The average Bonchev–Trinajstić information content (AvgIpc) is 3.74. The van der Waals surface area contributed by atoms with Crippen LogP contribution in [0.15, 0.2) is 61.7 Å². The largest absolute Gasteiger partial charge is 0.352 e. The highest BCUT2D eigenvalue weighted by atomic mass is 15.1. The zero-order valence-corrected chi connectivity index (χ0v) is 21.3. The Hall–Kier alpha value is -4.37. The minimum atomic E-state index is 0.815. The summed E-state index contributed by atoms with van der Waals surface area (Å²) in [4.78, 5) is 21.5. The Kier molecular flexibility index (Phi) is 5.70. The molecule has 9 heteroatoms. The average molecular weight is 504 g/mol. The molecular weight excluding hydrogens is 474 g/mol. The third-order valence-electron chi connectivity index (χ3n) is 7.54. The maximum absolute atomic E-state index is 4.71. The van der Waals surface area contributed by atoms with Crippen LogP contribution in [0.3, 0.4) is 0 Å². The first-order valence-corrected chi connectivity index (χ1v) is 13.2. The van der Waals surface area contributed by atoms with Gasteiger partial charge in [-0.1, -0.05) is 12.8 Å². The zero-order valence-electron chi connectivity index (χ0n) is 21.3. The quantitative estimate of drug-likeness (QED) is 0.271. The second-order valence-corrected chi connectivity index (χ2v) is 10.3. The predicted molar refractivity (Wildman–Crippen MR) is 148 cm³/mol. The van der Waals surface area contributed by atoms with Crippen molar-refractivity contribution in [1.82, 2.24) is 45.0 Å². The zero-order chi connectivity index (χ0) is 25.5. The van der Waals surface area contributed by atoms with Crippen molar-refractivity contribution in [1.29, 1.82) is 0 Å². The molecule has 0 aromatic carbocycles. The van der Waals surface area contributed by atoms with E-state index in [2.05, 4.69) is 53.6 Å². The van der Waals surface area contributed by atoms with E-state index in [1.807, 2.05) is 55.0 Å². The minimum absolute atomic E-state index is 0.815. The van der Waals surface area contributed by atoms with E-state index in [-0.39, 0.29) is 0 Å². The highest BCUT2D eigenvalue weighted by molar-refractivity contribution is 5.98. The Bertz CT molecular complexity index is 1740. The van der Waals surface area contributed by atoms with Crippen molar-refractivity contribution in [3.63, 3.8) is 0 Å². The maximum atomic E-state index is 4.71. The van der Waals surface area contributed by atoms with Gasteiger partial charge in [0.15, 0.2) is 0 Å². The van der Waals surface area contributed by atoms with E-state index in [1.165, 1.54) is 31.2 Å². The summed E-state index contributed by atoms with van der Waals surface area (Å²) in [5.41, 5.74) is 8.55. The summed E-state index contributed by atoms with van der Waals surface area (Å²) >= 11 is 0. The minimum Gasteiger partial charge on any atom is -0.352 e. The molecule has 1 aliphatic rings. The smallest absolute Gasteiger partial charge is 0.116 e. The van der Waals surface area contributed by atoms with Crippen LogP contribution >= 0.6 is 0 Å². The van der Waals surface area contributed by atoms with Crippen LogP contribution in [0.2, 0.25) is 0 Å². The van der Waals surface area contributed by atoms with E-state index in [4.69, 9.17) is 4.98 Å². The molecule has 1 aliphatic carbocycles. The Labute approximate surface area is 219 Å². The van der Waals surface area contributed by atoms with Crippen molar-refractivity contribution in [3.8, 4) is 28.3 Å². The van der Waals surface area contributed by atoms with Crippen molar-refractivity contribution in [3.05, 3.63) is 73.0 Å². The van der Waals surface area contributed by atoms with Crippen LogP contribution in [-0.4, -0.2) is 46.2 Å². The molecule has 0 amide bonds. The van der Waals surface area contributed by atoms with Crippen LogP contribution in [-0.2, 0) is 6.54 Å². The van der Waals surface area contributed by atoms with Gasteiger partial charge in [-0.25, -0.2) is 4.98 Å². The van der Waals surface area contributed by atoms with E-state index in [9.17, 15) is 0 Å². The third-order valence-corrected chi connectivity index (χ3v) is 7.54. The molecule has 0 bridgehead atoms. The highest BCUT2D eigenvalue weighted by Crippen LogP contribution is 2.32. The van der Waals surface area contributed by atoms with E-state index >= 15 is 0 Å². The van der Waals surface area contributed by atoms with Crippen LogP contribution in [0, 0.1) is 12.8 Å². The number of H-pyrrole nitrogens is 2. The molecule has 0 spiro atoms. The SMILES string of the molecule is Cc1cn(-c2cncc3[nH]c(-c4n[nH]c5cnc(-c6cncc(CNCC7CCCC7)c6)cc45)cc23)cn1. The summed E-state index contributed by atoms with van der Waals surface area (Å²) in [6.45, 7) is 3.87. The number of aromatic nitrogens is 8. The molecule has 0 aliphatic heterocycles. The summed E-state index contributed by atoms with van der Waals surface area (Å²) in [5.74, 6) is 0.815. The number of rotatable bonds is 7. The Morgan fingerprint density at radius 3 is 2.71 bits per heavy atom. The first kappa shape index (κ1) is 22.8. The van der Waals surface area contributed by atoms with Gasteiger partial charge in [-0.05, 0) is 56.0 Å². The Morgan fingerprint density at radius 1 is 0.947 bits per heavy atom. The van der Waals surface area contributed by atoms with E-state index < -0.39 is 0 Å². The lowest BCUT2D eigenvalue weighted by molar-refractivity contribution is 0.489. The summed E-state index contributed by atoms with van der Waals surface area (Å²) in [6, 6.07) is 6.39. The van der Waals surface area contributed by atoms with Crippen LogP contribution in [0.1, 0.15) is 36.9 Å². The monoisotopic (exact) mass is 503 g/mol.